The molecule has 2 aromatic heterocycles. The summed E-state index contributed by atoms with van der Waals surface area (Å²) in [5.41, 5.74) is 1.30. The highest BCUT2D eigenvalue weighted by Crippen LogP contribution is 2.07. The van der Waals surface area contributed by atoms with E-state index >= 15 is 0 Å². The average molecular weight is 244 g/mol. The van der Waals surface area contributed by atoms with E-state index in [-0.39, 0.29) is 0 Å². The monoisotopic (exact) mass is 244 g/mol. The minimum Gasteiger partial charge on any atom is -0.355 e. The van der Waals surface area contributed by atoms with Crippen molar-refractivity contribution in [3.63, 3.8) is 0 Å². The van der Waals surface area contributed by atoms with Crippen molar-refractivity contribution in [2.45, 2.75) is 32.7 Å². The van der Waals surface area contributed by atoms with Crippen LogP contribution < -0.4 is 5.32 Å². The fourth-order valence-electron chi connectivity index (χ4n) is 1.85. The van der Waals surface area contributed by atoms with Crippen LogP contribution in [0.5, 0.6) is 0 Å². The molecule has 0 unspecified atom stereocenters. The number of pyridine rings is 1. The number of unbranched alkanes of at least 4 members (excludes halogenated alkanes) is 1. The molecule has 0 aliphatic heterocycles. The SMILES string of the molecule is CCCCn1ccnc1NCCc1ccncc1. The first-order valence-electron chi connectivity index (χ1n) is 6.54. The Hall–Kier alpha value is -1.84. The van der Waals surface area contributed by atoms with E-state index in [4.69, 9.17) is 0 Å². The number of hydrogen-bond acceptors (Lipinski definition) is 3. The number of aromatic nitrogens is 3. The molecule has 0 spiro atoms. The average Bonchev–Trinajstić information content (AvgIpc) is 2.85. The molecule has 0 bridgehead atoms. The first kappa shape index (κ1) is 12.6. The van der Waals surface area contributed by atoms with Gasteiger partial charge in [0, 0.05) is 37.9 Å². The fourth-order valence-corrected chi connectivity index (χ4v) is 1.85. The van der Waals surface area contributed by atoms with Gasteiger partial charge in [0.05, 0.1) is 0 Å². The van der Waals surface area contributed by atoms with Gasteiger partial charge in [-0.1, -0.05) is 13.3 Å². The summed E-state index contributed by atoms with van der Waals surface area (Å²) in [4.78, 5) is 8.35. The fraction of sp³-hybridized carbons (Fsp3) is 0.429. The Morgan fingerprint density at radius 3 is 2.83 bits per heavy atom. The smallest absolute Gasteiger partial charge is 0.202 e. The van der Waals surface area contributed by atoms with Crippen LogP contribution in [0.4, 0.5) is 5.95 Å². The molecule has 0 aliphatic rings. The van der Waals surface area contributed by atoms with Crippen LogP contribution >= 0.6 is 0 Å². The zero-order chi connectivity index (χ0) is 12.6. The second kappa shape index (κ2) is 6.79. The zero-order valence-electron chi connectivity index (χ0n) is 10.8. The van der Waals surface area contributed by atoms with Gasteiger partial charge in [0.25, 0.3) is 0 Å². The van der Waals surface area contributed by atoms with Gasteiger partial charge in [-0.2, -0.15) is 0 Å². The van der Waals surface area contributed by atoms with Gasteiger partial charge in [0.2, 0.25) is 5.95 Å². The van der Waals surface area contributed by atoms with Crippen molar-refractivity contribution >= 4 is 5.95 Å². The molecule has 4 nitrogen and oxygen atoms in total. The van der Waals surface area contributed by atoms with Crippen LogP contribution in [0.3, 0.4) is 0 Å². The molecule has 2 aromatic rings. The van der Waals surface area contributed by atoms with Crippen LogP contribution in [-0.4, -0.2) is 21.1 Å². The highest BCUT2D eigenvalue weighted by atomic mass is 15.2. The summed E-state index contributed by atoms with van der Waals surface area (Å²) in [7, 11) is 0. The summed E-state index contributed by atoms with van der Waals surface area (Å²) in [6, 6.07) is 4.09. The number of imidazole rings is 1. The number of rotatable bonds is 7. The molecule has 2 heterocycles. The second-order valence-corrected chi connectivity index (χ2v) is 4.33. The van der Waals surface area contributed by atoms with Gasteiger partial charge >= 0.3 is 0 Å². The minimum atomic E-state index is 0.896. The Bertz CT molecular complexity index is 450. The lowest BCUT2D eigenvalue weighted by atomic mass is 10.2. The molecule has 0 aliphatic carbocycles. The summed E-state index contributed by atoms with van der Waals surface area (Å²) in [6.45, 7) is 4.13. The molecule has 0 radical (unpaired) electrons. The van der Waals surface area contributed by atoms with Crippen LogP contribution in [0, 0.1) is 0 Å². The summed E-state index contributed by atoms with van der Waals surface area (Å²) in [5, 5.41) is 3.38. The largest absolute Gasteiger partial charge is 0.355 e. The van der Waals surface area contributed by atoms with E-state index in [2.05, 4.69) is 26.8 Å². The van der Waals surface area contributed by atoms with Crippen molar-refractivity contribution < 1.29 is 0 Å². The maximum Gasteiger partial charge on any atom is 0.202 e. The molecular weight excluding hydrogens is 224 g/mol. The van der Waals surface area contributed by atoms with Gasteiger partial charge in [-0.05, 0) is 30.5 Å². The molecule has 0 atom stereocenters. The summed E-state index contributed by atoms with van der Waals surface area (Å²) in [5.74, 6) is 0.970. The maximum absolute atomic E-state index is 4.34. The van der Waals surface area contributed by atoms with E-state index in [1.54, 1.807) is 0 Å². The molecule has 1 N–H and O–H groups in total. The molecule has 0 aromatic carbocycles. The highest BCUT2D eigenvalue weighted by molar-refractivity contribution is 5.26. The van der Waals surface area contributed by atoms with Crippen molar-refractivity contribution in [3.8, 4) is 0 Å². The number of nitrogens with one attached hydrogen (secondary N) is 1. The molecule has 0 amide bonds. The predicted octanol–water partition coefficient (Wildman–Crippen LogP) is 2.73. The van der Waals surface area contributed by atoms with Crippen molar-refractivity contribution in [3.05, 3.63) is 42.5 Å². The van der Waals surface area contributed by atoms with Crippen LogP contribution in [0.25, 0.3) is 0 Å². The van der Waals surface area contributed by atoms with Crippen molar-refractivity contribution in [1.82, 2.24) is 14.5 Å². The van der Waals surface area contributed by atoms with Gasteiger partial charge < -0.3 is 9.88 Å². The third-order valence-corrected chi connectivity index (χ3v) is 2.91. The van der Waals surface area contributed by atoms with E-state index in [0.29, 0.717) is 0 Å². The molecular formula is C14H20N4. The lowest BCUT2D eigenvalue weighted by molar-refractivity contribution is 0.635. The number of anilines is 1. The van der Waals surface area contributed by atoms with Crippen LogP contribution in [-0.2, 0) is 13.0 Å². The first-order valence-corrected chi connectivity index (χ1v) is 6.54. The standard InChI is InChI=1S/C14H20N4/c1-2-3-11-18-12-10-17-14(18)16-9-6-13-4-7-15-8-5-13/h4-5,7-8,10,12H,2-3,6,9,11H2,1H3,(H,16,17). The Kier molecular flexibility index (Phi) is 4.76. The molecule has 2 rings (SSSR count). The van der Waals surface area contributed by atoms with Gasteiger partial charge in [0.1, 0.15) is 0 Å². The van der Waals surface area contributed by atoms with Gasteiger partial charge in [-0.25, -0.2) is 4.98 Å². The van der Waals surface area contributed by atoms with Gasteiger partial charge in [-0.3, -0.25) is 4.98 Å². The normalized spacial score (nSPS) is 10.5. The molecule has 0 saturated carbocycles. The van der Waals surface area contributed by atoms with Crippen LogP contribution in [0.2, 0.25) is 0 Å². The predicted molar refractivity (Wildman–Crippen MR) is 73.6 cm³/mol. The maximum atomic E-state index is 4.34. The molecule has 96 valence electrons. The number of aryl methyl sites for hydroxylation is 1. The molecule has 4 heteroatoms. The topological polar surface area (TPSA) is 42.7 Å². The third kappa shape index (κ3) is 3.58. The van der Waals surface area contributed by atoms with E-state index in [1.807, 2.05) is 36.9 Å². The van der Waals surface area contributed by atoms with Crippen molar-refractivity contribution in [2.75, 3.05) is 11.9 Å². The number of hydrogen-bond donors (Lipinski definition) is 1. The quantitative estimate of drug-likeness (QED) is 0.814. The van der Waals surface area contributed by atoms with Gasteiger partial charge in [0.15, 0.2) is 0 Å². The van der Waals surface area contributed by atoms with Crippen LogP contribution in [0.1, 0.15) is 25.3 Å². The Morgan fingerprint density at radius 1 is 1.22 bits per heavy atom. The van der Waals surface area contributed by atoms with E-state index < -0.39 is 0 Å². The van der Waals surface area contributed by atoms with Crippen molar-refractivity contribution in [2.24, 2.45) is 0 Å². The summed E-state index contributed by atoms with van der Waals surface area (Å²) in [6.07, 6.45) is 10.9. The lowest BCUT2D eigenvalue weighted by Gasteiger charge is -2.09. The van der Waals surface area contributed by atoms with E-state index in [9.17, 15) is 0 Å². The summed E-state index contributed by atoms with van der Waals surface area (Å²) >= 11 is 0. The summed E-state index contributed by atoms with van der Waals surface area (Å²) < 4.78 is 2.18. The Morgan fingerprint density at radius 2 is 2.06 bits per heavy atom. The molecule has 0 saturated heterocycles. The van der Waals surface area contributed by atoms with Crippen molar-refractivity contribution in [1.29, 1.82) is 0 Å². The Labute approximate surface area is 108 Å². The third-order valence-electron chi connectivity index (χ3n) is 2.91. The Balaban J connectivity index is 1.81. The van der Waals surface area contributed by atoms with Gasteiger partial charge in [-0.15, -0.1) is 0 Å². The zero-order valence-corrected chi connectivity index (χ0v) is 10.8. The minimum absolute atomic E-state index is 0.896. The molecule has 0 fully saturated rings. The lowest BCUT2D eigenvalue weighted by Crippen LogP contribution is -2.10. The molecule has 18 heavy (non-hydrogen) atoms. The highest BCUT2D eigenvalue weighted by Gasteiger charge is 2.01. The van der Waals surface area contributed by atoms with E-state index in [0.717, 1.165) is 25.5 Å². The second-order valence-electron chi connectivity index (χ2n) is 4.33. The first-order chi connectivity index (χ1) is 8.90. The van der Waals surface area contributed by atoms with E-state index in [1.165, 1.54) is 18.4 Å². The van der Waals surface area contributed by atoms with Crippen LogP contribution in [0.15, 0.2) is 36.9 Å². The number of nitrogens with zero attached hydrogens (tertiary/aromatic N) is 3.